The summed E-state index contributed by atoms with van der Waals surface area (Å²) in [5, 5.41) is 0.696. The Hall–Kier alpha value is -3.73. The molecule has 0 N–H and O–H groups in total. The van der Waals surface area contributed by atoms with Crippen LogP contribution in [0.25, 0.3) is 22.2 Å². The number of carbonyl (C=O) groups is 2. The van der Waals surface area contributed by atoms with Crippen LogP contribution in [0.5, 0.6) is 0 Å². The number of ether oxygens (including phenoxy) is 1. The first kappa shape index (κ1) is 21.0. The summed E-state index contributed by atoms with van der Waals surface area (Å²) in [6.07, 6.45) is 3.24. The first-order valence-corrected chi connectivity index (χ1v) is 9.68. The SMILES string of the molecule is C=CCN(CC=C)C(=O)COC(=O)c1c(C)c(-c2ccccc2)nc2ccccc12. The molecule has 0 saturated heterocycles. The van der Waals surface area contributed by atoms with Crippen molar-refractivity contribution in [1.29, 1.82) is 0 Å². The van der Waals surface area contributed by atoms with Gasteiger partial charge >= 0.3 is 5.97 Å². The van der Waals surface area contributed by atoms with Gasteiger partial charge in [0, 0.05) is 24.0 Å². The molecule has 0 bridgehead atoms. The van der Waals surface area contributed by atoms with Gasteiger partial charge in [0.2, 0.25) is 0 Å². The highest BCUT2D eigenvalue weighted by Gasteiger charge is 2.21. The van der Waals surface area contributed by atoms with Crippen LogP contribution in [0.1, 0.15) is 15.9 Å². The van der Waals surface area contributed by atoms with Gasteiger partial charge in [-0.15, -0.1) is 13.2 Å². The number of benzene rings is 2. The third-order valence-corrected chi connectivity index (χ3v) is 4.77. The van der Waals surface area contributed by atoms with Crippen LogP contribution in [-0.2, 0) is 9.53 Å². The van der Waals surface area contributed by atoms with Gasteiger partial charge in [-0.3, -0.25) is 4.79 Å². The predicted molar refractivity (Wildman–Crippen MR) is 119 cm³/mol. The van der Waals surface area contributed by atoms with Crippen molar-refractivity contribution in [3.05, 3.63) is 91.0 Å². The molecule has 0 unspecified atom stereocenters. The molecule has 2 aromatic carbocycles. The van der Waals surface area contributed by atoms with Crippen molar-refractivity contribution in [3.63, 3.8) is 0 Å². The summed E-state index contributed by atoms with van der Waals surface area (Å²) >= 11 is 0. The largest absolute Gasteiger partial charge is 0.452 e. The second-order valence-corrected chi connectivity index (χ2v) is 6.80. The lowest BCUT2D eigenvalue weighted by Gasteiger charge is -2.19. The van der Waals surface area contributed by atoms with Gasteiger partial charge in [0.25, 0.3) is 5.91 Å². The van der Waals surface area contributed by atoms with Crippen LogP contribution in [0, 0.1) is 6.92 Å². The molecule has 30 heavy (non-hydrogen) atoms. The van der Waals surface area contributed by atoms with Gasteiger partial charge in [-0.05, 0) is 18.6 Å². The molecule has 0 spiro atoms. The smallest absolute Gasteiger partial charge is 0.339 e. The van der Waals surface area contributed by atoms with Crippen molar-refractivity contribution in [1.82, 2.24) is 9.88 Å². The van der Waals surface area contributed by atoms with Gasteiger partial charge in [-0.25, -0.2) is 9.78 Å². The predicted octanol–water partition coefficient (Wildman–Crippen LogP) is 4.57. The van der Waals surface area contributed by atoms with Crippen LogP contribution in [0.15, 0.2) is 79.9 Å². The van der Waals surface area contributed by atoms with Crippen LogP contribution in [0.4, 0.5) is 0 Å². The zero-order chi connectivity index (χ0) is 21.5. The number of hydrogen-bond acceptors (Lipinski definition) is 4. The summed E-state index contributed by atoms with van der Waals surface area (Å²) in [5.74, 6) is -0.851. The molecule has 0 fully saturated rings. The maximum Gasteiger partial charge on any atom is 0.339 e. The quantitative estimate of drug-likeness (QED) is 0.411. The van der Waals surface area contributed by atoms with E-state index >= 15 is 0 Å². The van der Waals surface area contributed by atoms with Gasteiger partial charge in [0.05, 0.1) is 16.8 Å². The molecule has 152 valence electrons. The fourth-order valence-corrected chi connectivity index (χ4v) is 3.33. The minimum absolute atomic E-state index is 0.303. The lowest BCUT2D eigenvalue weighted by molar-refractivity contribution is -0.133. The minimum Gasteiger partial charge on any atom is -0.452 e. The standard InChI is InChI=1S/C25H24N2O3/c1-4-15-27(16-5-2)22(28)17-30-25(29)23-18(3)24(19-11-7-6-8-12-19)26-21-14-10-9-13-20(21)23/h4-14H,1-2,15-17H2,3H3. The van der Waals surface area contributed by atoms with Crippen molar-refractivity contribution in [2.75, 3.05) is 19.7 Å². The number of carbonyl (C=O) groups excluding carboxylic acids is 2. The van der Waals surface area contributed by atoms with Crippen molar-refractivity contribution in [2.45, 2.75) is 6.92 Å². The molecule has 5 heteroatoms. The average molecular weight is 400 g/mol. The van der Waals surface area contributed by atoms with E-state index in [1.807, 2.05) is 61.5 Å². The summed E-state index contributed by atoms with van der Waals surface area (Å²) < 4.78 is 5.42. The summed E-state index contributed by atoms with van der Waals surface area (Å²) in [6.45, 7) is 9.52. The van der Waals surface area contributed by atoms with E-state index in [4.69, 9.17) is 9.72 Å². The van der Waals surface area contributed by atoms with Gasteiger partial charge in [-0.2, -0.15) is 0 Å². The van der Waals surface area contributed by atoms with Crippen molar-refractivity contribution >= 4 is 22.8 Å². The van der Waals surface area contributed by atoms with Crippen LogP contribution in [0.3, 0.4) is 0 Å². The Balaban J connectivity index is 1.95. The van der Waals surface area contributed by atoms with Gasteiger partial charge in [-0.1, -0.05) is 60.7 Å². The Morgan fingerprint density at radius 1 is 1.00 bits per heavy atom. The topological polar surface area (TPSA) is 59.5 Å². The highest BCUT2D eigenvalue weighted by molar-refractivity contribution is 6.06. The van der Waals surface area contributed by atoms with E-state index in [0.29, 0.717) is 40.8 Å². The second kappa shape index (κ2) is 9.65. The molecule has 3 aromatic rings. The zero-order valence-electron chi connectivity index (χ0n) is 17.0. The number of fused-ring (bicyclic) bond motifs is 1. The molecule has 0 aliphatic heterocycles. The minimum atomic E-state index is -0.547. The van der Waals surface area contributed by atoms with E-state index < -0.39 is 5.97 Å². The molecule has 5 nitrogen and oxygen atoms in total. The molecular weight excluding hydrogens is 376 g/mol. The molecule has 0 radical (unpaired) electrons. The van der Waals surface area contributed by atoms with E-state index in [2.05, 4.69) is 13.2 Å². The maximum atomic E-state index is 13.0. The fraction of sp³-hybridized carbons (Fsp3) is 0.160. The number of esters is 1. The van der Waals surface area contributed by atoms with Crippen molar-refractivity contribution in [3.8, 4) is 11.3 Å². The molecular formula is C25H24N2O3. The lowest BCUT2D eigenvalue weighted by atomic mass is 9.98. The number of rotatable bonds is 8. The van der Waals surface area contributed by atoms with Crippen LogP contribution in [-0.4, -0.2) is 41.5 Å². The number of hydrogen-bond donors (Lipinski definition) is 0. The normalized spacial score (nSPS) is 10.4. The Labute approximate surface area is 176 Å². The lowest BCUT2D eigenvalue weighted by Crippen LogP contribution is -2.35. The van der Waals surface area contributed by atoms with Crippen molar-refractivity contribution in [2.24, 2.45) is 0 Å². The van der Waals surface area contributed by atoms with Crippen LogP contribution in [0.2, 0.25) is 0 Å². The number of pyridine rings is 1. The molecule has 0 aliphatic rings. The highest BCUT2D eigenvalue weighted by atomic mass is 16.5. The summed E-state index contributed by atoms with van der Waals surface area (Å²) in [6, 6.07) is 17.1. The Morgan fingerprint density at radius 2 is 1.63 bits per heavy atom. The average Bonchev–Trinajstić information content (AvgIpc) is 2.77. The van der Waals surface area contributed by atoms with Crippen LogP contribution >= 0.6 is 0 Å². The summed E-state index contributed by atoms with van der Waals surface area (Å²) in [5.41, 5.74) is 3.46. The van der Waals surface area contributed by atoms with Gasteiger partial charge in [0.15, 0.2) is 6.61 Å². The fourth-order valence-electron chi connectivity index (χ4n) is 3.33. The third kappa shape index (κ3) is 4.46. The molecule has 3 rings (SSSR count). The van der Waals surface area contributed by atoms with Crippen molar-refractivity contribution < 1.29 is 14.3 Å². The summed E-state index contributed by atoms with van der Waals surface area (Å²) in [4.78, 5) is 31.8. The monoisotopic (exact) mass is 400 g/mol. The molecule has 0 aliphatic carbocycles. The van der Waals surface area contributed by atoms with Crippen LogP contribution < -0.4 is 0 Å². The maximum absolute atomic E-state index is 13.0. The molecule has 0 atom stereocenters. The Kier molecular flexibility index (Phi) is 6.75. The highest BCUT2D eigenvalue weighted by Crippen LogP contribution is 2.30. The number of aromatic nitrogens is 1. The Morgan fingerprint density at radius 3 is 2.30 bits per heavy atom. The number of amides is 1. The molecule has 1 amide bonds. The first-order chi connectivity index (χ1) is 14.6. The van der Waals surface area contributed by atoms with E-state index in [-0.39, 0.29) is 12.5 Å². The molecule has 1 aromatic heterocycles. The van der Waals surface area contributed by atoms with E-state index in [9.17, 15) is 9.59 Å². The third-order valence-electron chi connectivity index (χ3n) is 4.77. The Bertz CT molecular complexity index is 1080. The molecule has 1 heterocycles. The number of para-hydroxylation sites is 1. The second-order valence-electron chi connectivity index (χ2n) is 6.80. The van der Waals surface area contributed by atoms with Gasteiger partial charge < -0.3 is 9.64 Å². The first-order valence-electron chi connectivity index (χ1n) is 9.68. The zero-order valence-corrected chi connectivity index (χ0v) is 17.0. The van der Waals surface area contributed by atoms with E-state index in [0.717, 1.165) is 5.56 Å². The number of nitrogens with zero attached hydrogens (tertiary/aromatic N) is 2. The van der Waals surface area contributed by atoms with Gasteiger partial charge in [0.1, 0.15) is 0 Å². The van der Waals surface area contributed by atoms with E-state index in [1.165, 1.54) is 4.90 Å². The molecule has 0 saturated carbocycles. The van der Waals surface area contributed by atoms with E-state index in [1.54, 1.807) is 12.2 Å². The summed E-state index contributed by atoms with van der Waals surface area (Å²) in [7, 11) is 0.